The molecule has 0 unspecified atom stereocenters. The van der Waals surface area contributed by atoms with E-state index < -0.39 is 0 Å². The normalized spacial score (nSPS) is 20.4. The third-order valence-electron chi connectivity index (χ3n) is 5.83. The number of piperazine rings is 1. The second-order valence-corrected chi connectivity index (χ2v) is 8.06. The Morgan fingerprint density at radius 3 is 2.52 bits per heavy atom. The number of nitrogens with zero attached hydrogens (tertiary/aromatic N) is 4. The summed E-state index contributed by atoms with van der Waals surface area (Å²) in [6.45, 7) is 10.2. The van der Waals surface area contributed by atoms with Crippen molar-refractivity contribution in [1.29, 1.82) is 0 Å². The summed E-state index contributed by atoms with van der Waals surface area (Å²) in [5.41, 5.74) is 0. The van der Waals surface area contributed by atoms with Crippen molar-refractivity contribution in [1.82, 2.24) is 19.4 Å². The molecule has 0 aromatic carbocycles. The molecule has 1 saturated carbocycles. The molecule has 1 amide bonds. The van der Waals surface area contributed by atoms with Gasteiger partial charge in [0.25, 0.3) is 0 Å². The van der Waals surface area contributed by atoms with Crippen LogP contribution >= 0.6 is 0 Å². The molecular weight excluding hydrogens is 312 g/mol. The van der Waals surface area contributed by atoms with Crippen LogP contribution in [-0.2, 0) is 11.3 Å². The molecule has 2 fully saturated rings. The van der Waals surface area contributed by atoms with E-state index in [0.29, 0.717) is 17.7 Å². The van der Waals surface area contributed by atoms with Crippen LogP contribution in [0, 0.1) is 5.92 Å². The summed E-state index contributed by atoms with van der Waals surface area (Å²) < 4.78 is 2.27. The molecule has 1 saturated heterocycles. The minimum absolute atomic E-state index is 0.392. The van der Waals surface area contributed by atoms with Gasteiger partial charge in [0.15, 0.2) is 0 Å². The van der Waals surface area contributed by atoms with Gasteiger partial charge in [-0.25, -0.2) is 4.98 Å². The van der Waals surface area contributed by atoms with Crippen LogP contribution in [0.25, 0.3) is 0 Å². The van der Waals surface area contributed by atoms with Gasteiger partial charge in [-0.05, 0) is 18.8 Å². The number of aromatic nitrogens is 2. The molecule has 1 aromatic heterocycles. The van der Waals surface area contributed by atoms with Crippen molar-refractivity contribution in [2.24, 2.45) is 5.92 Å². The highest BCUT2D eigenvalue weighted by atomic mass is 16.2. The van der Waals surface area contributed by atoms with E-state index in [9.17, 15) is 4.79 Å². The highest BCUT2D eigenvalue weighted by Gasteiger charge is 2.24. The maximum absolute atomic E-state index is 12.5. The zero-order chi connectivity index (χ0) is 17.6. The third kappa shape index (κ3) is 5.06. The van der Waals surface area contributed by atoms with E-state index in [1.807, 2.05) is 6.20 Å². The van der Waals surface area contributed by atoms with Crippen LogP contribution in [0.2, 0.25) is 0 Å². The van der Waals surface area contributed by atoms with Gasteiger partial charge in [0, 0.05) is 64.0 Å². The van der Waals surface area contributed by atoms with E-state index in [1.165, 1.54) is 37.9 Å². The lowest BCUT2D eigenvalue weighted by atomic mass is 9.86. The average Bonchev–Trinajstić information content (AvgIpc) is 3.10. The molecule has 0 N–H and O–H groups in total. The van der Waals surface area contributed by atoms with Crippen LogP contribution in [0.3, 0.4) is 0 Å². The Balaban J connectivity index is 1.39. The van der Waals surface area contributed by atoms with Crippen molar-refractivity contribution in [3.63, 3.8) is 0 Å². The van der Waals surface area contributed by atoms with Gasteiger partial charge in [-0.3, -0.25) is 9.69 Å². The molecule has 0 atom stereocenters. The molecule has 1 aromatic rings. The topological polar surface area (TPSA) is 41.4 Å². The Labute approximate surface area is 152 Å². The summed E-state index contributed by atoms with van der Waals surface area (Å²) in [6, 6.07) is 0. The Morgan fingerprint density at radius 1 is 1.12 bits per heavy atom. The van der Waals surface area contributed by atoms with E-state index in [0.717, 1.165) is 45.7 Å². The standard InChI is InChI=1S/C20H34N4O/c1-17(2)20-21-8-9-24(20)15-12-22-10-13-23(14-11-22)19(25)16-18-6-4-3-5-7-18/h8-9,17-18H,3-7,10-16H2,1-2H3. The number of carbonyl (C=O) groups excluding carboxylic acids is 1. The lowest BCUT2D eigenvalue weighted by Crippen LogP contribution is -2.49. The minimum Gasteiger partial charge on any atom is -0.340 e. The minimum atomic E-state index is 0.392. The van der Waals surface area contributed by atoms with Gasteiger partial charge >= 0.3 is 0 Å². The first-order valence-electron chi connectivity index (χ1n) is 10.1. The molecule has 2 heterocycles. The van der Waals surface area contributed by atoms with Gasteiger partial charge in [-0.15, -0.1) is 0 Å². The second-order valence-electron chi connectivity index (χ2n) is 8.06. The molecule has 2 aliphatic rings. The fourth-order valence-electron chi connectivity index (χ4n) is 4.25. The smallest absolute Gasteiger partial charge is 0.222 e. The molecule has 25 heavy (non-hydrogen) atoms. The van der Waals surface area contributed by atoms with Gasteiger partial charge in [0.2, 0.25) is 5.91 Å². The maximum Gasteiger partial charge on any atom is 0.222 e. The van der Waals surface area contributed by atoms with Crippen molar-refractivity contribution in [2.75, 3.05) is 32.7 Å². The van der Waals surface area contributed by atoms with Gasteiger partial charge in [-0.2, -0.15) is 0 Å². The first kappa shape index (κ1) is 18.4. The van der Waals surface area contributed by atoms with Gasteiger partial charge in [-0.1, -0.05) is 33.1 Å². The average molecular weight is 347 g/mol. The molecule has 1 aliphatic carbocycles. The summed E-state index contributed by atoms with van der Waals surface area (Å²) >= 11 is 0. The monoisotopic (exact) mass is 346 g/mol. The summed E-state index contributed by atoms with van der Waals surface area (Å²) in [6.07, 6.45) is 11.3. The zero-order valence-corrected chi connectivity index (χ0v) is 16.0. The maximum atomic E-state index is 12.5. The Morgan fingerprint density at radius 2 is 1.84 bits per heavy atom. The predicted octanol–water partition coefficient (Wildman–Crippen LogP) is 3.12. The molecule has 140 valence electrons. The van der Waals surface area contributed by atoms with Gasteiger partial charge in [0.1, 0.15) is 5.82 Å². The van der Waals surface area contributed by atoms with Crippen LogP contribution in [-0.4, -0.2) is 58.0 Å². The number of hydrogen-bond acceptors (Lipinski definition) is 3. The van der Waals surface area contributed by atoms with Crippen LogP contribution in [0.1, 0.15) is 64.1 Å². The van der Waals surface area contributed by atoms with E-state index in [-0.39, 0.29) is 0 Å². The fourth-order valence-corrected chi connectivity index (χ4v) is 4.25. The number of carbonyl (C=O) groups is 1. The molecular formula is C20H34N4O. The van der Waals surface area contributed by atoms with Crippen LogP contribution in [0.4, 0.5) is 0 Å². The van der Waals surface area contributed by atoms with Crippen molar-refractivity contribution < 1.29 is 4.79 Å². The number of rotatable bonds is 6. The van der Waals surface area contributed by atoms with Crippen LogP contribution in [0.5, 0.6) is 0 Å². The van der Waals surface area contributed by atoms with Crippen molar-refractivity contribution in [2.45, 2.75) is 64.8 Å². The summed E-state index contributed by atoms with van der Waals surface area (Å²) in [5.74, 6) is 2.67. The molecule has 3 rings (SSSR count). The number of amides is 1. The van der Waals surface area contributed by atoms with E-state index >= 15 is 0 Å². The van der Waals surface area contributed by atoms with E-state index in [2.05, 4.69) is 39.4 Å². The second kappa shape index (κ2) is 8.84. The largest absolute Gasteiger partial charge is 0.340 e. The Bertz CT molecular complexity index is 540. The summed E-state index contributed by atoms with van der Waals surface area (Å²) in [4.78, 5) is 21.6. The molecule has 1 aliphatic heterocycles. The first-order chi connectivity index (χ1) is 12.1. The highest BCUT2D eigenvalue weighted by molar-refractivity contribution is 5.76. The third-order valence-corrected chi connectivity index (χ3v) is 5.83. The van der Waals surface area contributed by atoms with Gasteiger partial charge < -0.3 is 9.47 Å². The fraction of sp³-hybridized carbons (Fsp3) is 0.800. The van der Waals surface area contributed by atoms with E-state index in [4.69, 9.17) is 0 Å². The van der Waals surface area contributed by atoms with E-state index in [1.54, 1.807) is 0 Å². The van der Waals surface area contributed by atoms with Crippen LogP contribution < -0.4 is 0 Å². The Hall–Kier alpha value is -1.36. The molecule has 0 radical (unpaired) electrons. The van der Waals surface area contributed by atoms with Crippen molar-refractivity contribution in [3.8, 4) is 0 Å². The predicted molar refractivity (Wildman–Crippen MR) is 101 cm³/mol. The molecule has 5 nitrogen and oxygen atoms in total. The lowest BCUT2D eigenvalue weighted by molar-refractivity contribution is -0.134. The Kier molecular flexibility index (Phi) is 6.51. The number of imidazole rings is 1. The van der Waals surface area contributed by atoms with Crippen molar-refractivity contribution >= 4 is 5.91 Å². The zero-order valence-electron chi connectivity index (χ0n) is 16.0. The molecule has 0 bridgehead atoms. The summed E-state index contributed by atoms with van der Waals surface area (Å²) in [7, 11) is 0. The molecule has 5 heteroatoms. The highest BCUT2D eigenvalue weighted by Crippen LogP contribution is 2.27. The first-order valence-corrected chi connectivity index (χ1v) is 10.1. The lowest BCUT2D eigenvalue weighted by Gasteiger charge is -2.35. The number of hydrogen-bond donors (Lipinski definition) is 0. The summed E-state index contributed by atoms with van der Waals surface area (Å²) in [5, 5.41) is 0. The molecule has 0 spiro atoms. The van der Waals surface area contributed by atoms with Crippen LogP contribution in [0.15, 0.2) is 12.4 Å². The quantitative estimate of drug-likeness (QED) is 0.795. The van der Waals surface area contributed by atoms with Crippen molar-refractivity contribution in [3.05, 3.63) is 18.2 Å². The van der Waals surface area contributed by atoms with Gasteiger partial charge in [0.05, 0.1) is 0 Å². The SMILES string of the molecule is CC(C)c1nccn1CCN1CCN(C(=O)CC2CCCCC2)CC1.